The van der Waals surface area contributed by atoms with Crippen LogP contribution >= 0.6 is 11.8 Å². The predicted octanol–water partition coefficient (Wildman–Crippen LogP) is 0.976. The lowest BCUT2D eigenvalue weighted by atomic mass is 10.5. The maximum absolute atomic E-state index is 7.31. The SMILES string of the molecule is CSC(=N)N1CCC=N1. The normalized spacial score (nSPS) is 16.8. The van der Waals surface area contributed by atoms with Gasteiger partial charge in [-0.15, -0.1) is 0 Å². The summed E-state index contributed by atoms with van der Waals surface area (Å²) in [5, 5.41) is 13.5. The van der Waals surface area contributed by atoms with Gasteiger partial charge in [-0.25, -0.2) is 5.01 Å². The first-order valence-corrected chi connectivity index (χ1v) is 3.99. The highest BCUT2D eigenvalue weighted by molar-refractivity contribution is 8.13. The van der Waals surface area contributed by atoms with Crippen molar-refractivity contribution in [2.24, 2.45) is 5.10 Å². The standard InChI is InChI=1S/C5H9N3S/c1-9-5(6)8-4-2-3-7-8/h3,6H,2,4H2,1H3. The van der Waals surface area contributed by atoms with Crippen LogP contribution in [0.1, 0.15) is 6.42 Å². The van der Waals surface area contributed by atoms with Gasteiger partial charge in [0.1, 0.15) is 0 Å². The van der Waals surface area contributed by atoms with Gasteiger partial charge in [0.2, 0.25) is 0 Å². The zero-order chi connectivity index (χ0) is 6.69. The van der Waals surface area contributed by atoms with Crippen molar-refractivity contribution < 1.29 is 0 Å². The third-order valence-electron chi connectivity index (χ3n) is 1.12. The van der Waals surface area contributed by atoms with Crippen molar-refractivity contribution in [3.8, 4) is 0 Å². The quantitative estimate of drug-likeness (QED) is 0.405. The molecule has 0 aromatic carbocycles. The number of nitrogens with zero attached hydrogens (tertiary/aromatic N) is 2. The van der Waals surface area contributed by atoms with E-state index in [1.165, 1.54) is 11.8 Å². The Kier molecular flexibility index (Phi) is 2.10. The van der Waals surface area contributed by atoms with Gasteiger partial charge in [-0.2, -0.15) is 5.10 Å². The van der Waals surface area contributed by atoms with Crippen molar-refractivity contribution in [3.63, 3.8) is 0 Å². The minimum Gasteiger partial charge on any atom is -0.277 e. The summed E-state index contributed by atoms with van der Waals surface area (Å²) in [6, 6.07) is 0. The molecule has 0 amide bonds. The van der Waals surface area contributed by atoms with E-state index in [1.807, 2.05) is 12.5 Å². The van der Waals surface area contributed by atoms with Crippen molar-refractivity contribution in [2.75, 3.05) is 12.8 Å². The van der Waals surface area contributed by atoms with Crippen molar-refractivity contribution >= 4 is 23.1 Å². The first-order valence-electron chi connectivity index (χ1n) is 2.77. The minimum atomic E-state index is 0.531. The Morgan fingerprint density at radius 1 is 1.89 bits per heavy atom. The largest absolute Gasteiger partial charge is 0.277 e. The number of hydrogen-bond donors (Lipinski definition) is 1. The molecule has 0 spiro atoms. The van der Waals surface area contributed by atoms with Gasteiger partial charge in [-0.05, 0) is 6.26 Å². The molecule has 0 saturated heterocycles. The molecule has 1 rings (SSSR count). The van der Waals surface area contributed by atoms with E-state index in [2.05, 4.69) is 5.10 Å². The molecule has 0 saturated carbocycles. The highest BCUT2D eigenvalue weighted by atomic mass is 32.2. The number of rotatable bonds is 0. The van der Waals surface area contributed by atoms with Crippen molar-refractivity contribution in [2.45, 2.75) is 6.42 Å². The summed E-state index contributed by atoms with van der Waals surface area (Å²) >= 11 is 1.42. The summed E-state index contributed by atoms with van der Waals surface area (Å²) in [4.78, 5) is 0. The zero-order valence-corrected chi connectivity index (χ0v) is 6.11. The van der Waals surface area contributed by atoms with E-state index in [-0.39, 0.29) is 0 Å². The summed E-state index contributed by atoms with van der Waals surface area (Å²) in [5.41, 5.74) is 0. The van der Waals surface area contributed by atoms with Crippen LogP contribution in [0.5, 0.6) is 0 Å². The fourth-order valence-electron chi connectivity index (χ4n) is 0.653. The molecule has 1 heterocycles. The topological polar surface area (TPSA) is 39.5 Å². The van der Waals surface area contributed by atoms with Crippen molar-refractivity contribution in [3.05, 3.63) is 0 Å². The summed E-state index contributed by atoms with van der Waals surface area (Å²) < 4.78 is 0. The summed E-state index contributed by atoms with van der Waals surface area (Å²) in [5.74, 6) is 0. The maximum Gasteiger partial charge on any atom is 0.176 e. The Labute approximate surface area is 58.6 Å². The van der Waals surface area contributed by atoms with Gasteiger partial charge in [0, 0.05) is 19.2 Å². The molecule has 0 aliphatic carbocycles. The second kappa shape index (κ2) is 2.87. The van der Waals surface area contributed by atoms with Crippen LogP contribution in [0.2, 0.25) is 0 Å². The average Bonchev–Trinajstić information content (AvgIpc) is 2.37. The maximum atomic E-state index is 7.31. The number of thioether (sulfide) groups is 1. The lowest BCUT2D eigenvalue weighted by Gasteiger charge is -2.10. The number of hydrogen-bond acceptors (Lipinski definition) is 3. The van der Waals surface area contributed by atoms with Gasteiger partial charge in [0.25, 0.3) is 0 Å². The van der Waals surface area contributed by atoms with E-state index in [0.29, 0.717) is 5.17 Å². The molecule has 50 valence electrons. The van der Waals surface area contributed by atoms with Crippen LogP contribution in [0.15, 0.2) is 5.10 Å². The van der Waals surface area contributed by atoms with Crippen molar-refractivity contribution in [1.82, 2.24) is 5.01 Å². The Bertz CT molecular complexity index is 143. The number of hydrazone groups is 1. The third-order valence-corrected chi connectivity index (χ3v) is 1.72. The second-order valence-corrected chi connectivity index (χ2v) is 2.51. The Balaban J connectivity index is 2.43. The van der Waals surface area contributed by atoms with E-state index in [1.54, 1.807) is 5.01 Å². The molecule has 4 heteroatoms. The molecular formula is C5H9N3S. The number of amidine groups is 1. The van der Waals surface area contributed by atoms with Crippen LogP contribution in [0.25, 0.3) is 0 Å². The van der Waals surface area contributed by atoms with Gasteiger partial charge in [0.15, 0.2) is 5.17 Å². The molecule has 1 aliphatic heterocycles. The van der Waals surface area contributed by atoms with Crippen LogP contribution in [-0.4, -0.2) is 29.2 Å². The van der Waals surface area contributed by atoms with Gasteiger partial charge in [-0.1, -0.05) is 11.8 Å². The van der Waals surface area contributed by atoms with E-state index >= 15 is 0 Å². The molecule has 0 unspecified atom stereocenters. The number of nitrogens with one attached hydrogen (secondary N) is 1. The monoisotopic (exact) mass is 143 g/mol. The van der Waals surface area contributed by atoms with Crippen LogP contribution in [0, 0.1) is 5.41 Å². The van der Waals surface area contributed by atoms with Crippen LogP contribution in [0.3, 0.4) is 0 Å². The summed E-state index contributed by atoms with van der Waals surface area (Å²) in [7, 11) is 0. The summed E-state index contributed by atoms with van der Waals surface area (Å²) in [6.07, 6.45) is 4.70. The fourth-order valence-corrected chi connectivity index (χ4v) is 1.00. The zero-order valence-electron chi connectivity index (χ0n) is 5.29. The van der Waals surface area contributed by atoms with Crippen molar-refractivity contribution in [1.29, 1.82) is 5.41 Å². The van der Waals surface area contributed by atoms with Crippen LogP contribution in [0.4, 0.5) is 0 Å². The molecule has 9 heavy (non-hydrogen) atoms. The summed E-state index contributed by atoms with van der Waals surface area (Å²) in [6.45, 7) is 0.875. The Morgan fingerprint density at radius 3 is 3.11 bits per heavy atom. The molecule has 1 aliphatic rings. The van der Waals surface area contributed by atoms with Gasteiger partial charge in [0.05, 0.1) is 0 Å². The predicted molar refractivity (Wildman–Crippen MR) is 41.1 cm³/mol. The lowest BCUT2D eigenvalue weighted by Crippen LogP contribution is -2.18. The van der Waals surface area contributed by atoms with E-state index in [9.17, 15) is 0 Å². The minimum absolute atomic E-state index is 0.531. The Morgan fingerprint density at radius 2 is 2.67 bits per heavy atom. The highest BCUT2D eigenvalue weighted by Crippen LogP contribution is 2.07. The average molecular weight is 143 g/mol. The third kappa shape index (κ3) is 1.45. The second-order valence-electron chi connectivity index (χ2n) is 1.72. The molecule has 0 atom stereocenters. The molecule has 3 nitrogen and oxygen atoms in total. The van der Waals surface area contributed by atoms with Gasteiger partial charge >= 0.3 is 0 Å². The molecule has 0 aromatic heterocycles. The first-order chi connectivity index (χ1) is 4.34. The van der Waals surface area contributed by atoms with E-state index in [0.717, 1.165) is 13.0 Å². The molecule has 0 fully saturated rings. The van der Waals surface area contributed by atoms with E-state index < -0.39 is 0 Å². The smallest absolute Gasteiger partial charge is 0.176 e. The molecule has 1 N–H and O–H groups in total. The van der Waals surface area contributed by atoms with Crippen LogP contribution in [-0.2, 0) is 0 Å². The van der Waals surface area contributed by atoms with Gasteiger partial charge < -0.3 is 0 Å². The van der Waals surface area contributed by atoms with E-state index in [4.69, 9.17) is 5.41 Å². The first kappa shape index (κ1) is 6.61. The highest BCUT2D eigenvalue weighted by Gasteiger charge is 2.08. The fraction of sp³-hybridized carbons (Fsp3) is 0.600. The molecule has 0 bridgehead atoms. The van der Waals surface area contributed by atoms with Gasteiger partial charge in [-0.3, -0.25) is 5.41 Å². The Hall–Kier alpha value is -0.510. The molecule has 0 aromatic rings. The molecule has 0 radical (unpaired) electrons. The molecular weight excluding hydrogens is 134 g/mol. The van der Waals surface area contributed by atoms with Crippen LogP contribution < -0.4 is 0 Å². The lowest BCUT2D eigenvalue weighted by molar-refractivity contribution is 0.498.